The maximum absolute atomic E-state index is 11.2. The largest absolute Gasteiger partial charge is 1.00 e. The predicted molar refractivity (Wildman–Crippen MR) is 122 cm³/mol. The Bertz CT molecular complexity index is 479. The molecule has 0 spiro atoms. The molecule has 0 heterocycles. The molecule has 166 valence electrons. The summed E-state index contributed by atoms with van der Waals surface area (Å²) in [7, 11) is 0. The molecule has 1 rings (SSSR count). The fourth-order valence-corrected chi connectivity index (χ4v) is 1.89. The molecule has 0 saturated carbocycles. The third-order valence-electron chi connectivity index (χ3n) is 3.64. The molecule has 5 heteroatoms. The van der Waals surface area contributed by atoms with Crippen LogP contribution in [0.2, 0.25) is 0 Å². The summed E-state index contributed by atoms with van der Waals surface area (Å²) in [6.45, 7) is 16.2. The van der Waals surface area contributed by atoms with Gasteiger partial charge in [-0.15, -0.1) is 5.56 Å². The van der Waals surface area contributed by atoms with Crippen LogP contribution in [0.4, 0.5) is 0 Å². The zero-order chi connectivity index (χ0) is 21.7. The number of ether oxygens (including phenoxy) is 1. The topological polar surface area (TPSA) is 69.4 Å². The number of esters is 1. The smallest absolute Gasteiger partial charge is 0.462 e. The van der Waals surface area contributed by atoms with Gasteiger partial charge in [-0.25, -0.2) is 0 Å². The zero-order valence-electron chi connectivity index (χ0n) is 20.9. The molecule has 0 bridgehead atoms. The average Bonchev–Trinajstić information content (AvgIpc) is 2.73. The van der Waals surface area contributed by atoms with Gasteiger partial charge in [0.05, 0.1) is 13.2 Å². The van der Waals surface area contributed by atoms with Crippen LogP contribution < -0.4 is 57.1 Å². The van der Waals surface area contributed by atoms with Crippen molar-refractivity contribution in [2.45, 2.75) is 87.7 Å². The summed E-state index contributed by atoms with van der Waals surface area (Å²) < 4.78 is 4.84. The van der Waals surface area contributed by atoms with Crippen molar-refractivity contribution in [2.75, 3.05) is 6.54 Å². The molecule has 1 atom stereocenters. The number of carbonyl (C=O) groups excluding carboxylic acids is 2. The molecule has 29 heavy (non-hydrogen) atoms. The van der Waals surface area contributed by atoms with Gasteiger partial charge in [-0.1, -0.05) is 79.7 Å². The molecular weight excluding hydrogens is 389 g/mol. The summed E-state index contributed by atoms with van der Waals surface area (Å²) in [5.74, 6) is 0.387. The van der Waals surface area contributed by atoms with Gasteiger partial charge in [0.1, 0.15) is 5.78 Å². The van der Waals surface area contributed by atoms with Crippen molar-refractivity contribution in [1.82, 2.24) is 0 Å². The molecule has 4 nitrogen and oxygen atoms in total. The van der Waals surface area contributed by atoms with Crippen molar-refractivity contribution in [3.63, 3.8) is 0 Å². The molecule has 1 unspecified atom stereocenters. The first-order valence-corrected chi connectivity index (χ1v) is 10.3. The van der Waals surface area contributed by atoms with Gasteiger partial charge < -0.3 is 22.7 Å². The molecule has 1 aromatic rings. The van der Waals surface area contributed by atoms with E-state index in [9.17, 15) is 9.59 Å². The van der Waals surface area contributed by atoms with E-state index in [4.69, 9.17) is 10.5 Å². The Labute approximate surface area is 224 Å². The minimum absolute atomic E-state index is 0. The van der Waals surface area contributed by atoms with Crippen LogP contribution in [0.25, 0.3) is 0 Å². The average molecular weight is 435 g/mol. The fraction of sp³-hybridized carbons (Fsp3) is 0.625. The second kappa shape index (κ2) is 30.2. The number of hydrogen-bond donors (Lipinski definition) is 1. The van der Waals surface area contributed by atoms with E-state index in [-0.39, 0.29) is 77.7 Å². The summed E-state index contributed by atoms with van der Waals surface area (Å²) in [5, 5.41) is 0. The van der Waals surface area contributed by atoms with Gasteiger partial charge in [0.15, 0.2) is 0 Å². The molecule has 0 radical (unpaired) electrons. The molecule has 2 N–H and O–H groups in total. The monoisotopic (exact) mass is 434 g/mol. The summed E-state index contributed by atoms with van der Waals surface area (Å²) in [4.78, 5) is 22.0. The number of benzene rings is 1. The van der Waals surface area contributed by atoms with Crippen molar-refractivity contribution in [2.24, 2.45) is 11.7 Å². The van der Waals surface area contributed by atoms with Crippen molar-refractivity contribution in [3.05, 3.63) is 42.8 Å². The number of rotatable bonds is 8. The zero-order valence-corrected chi connectivity index (χ0v) is 24.0. The van der Waals surface area contributed by atoms with E-state index >= 15 is 0 Å². The second-order valence-corrected chi connectivity index (χ2v) is 5.66. The van der Waals surface area contributed by atoms with Crippen LogP contribution in [-0.4, -0.2) is 18.3 Å². The van der Waals surface area contributed by atoms with Crippen LogP contribution in [0.1, 0.15) is 97.0 Å². The van der Waals surface area contributed by atoms with Crippen molar-refractivity contribution < 1.29 is 65.7 Å². The number of unbranched alkanes of at least 4 members (excludes halogenated alkanes) is 1. The molecule has 0 aromatic heterocycles. The third kappa shape index (κ3) is 24.1. The van der Waals surface area contributed by atoms with Crippen molar-refractivity contribution >= 4 is 11.8 Å². The van der Waals surface area contributed by atoms with Gasteiger partial charge in [-0.3, -0.25) is 4.79 Å². The van der Waals surface area contributed by atoms with Gasteiger partial charge in [0.2, 0.25) is 0 Å². The Balaban J connectivity index is -0.000000118. The first-order valence-electron chi connectivity index (χ1n) is 10.3. The SMILES string of the molecule is CC.CC.CC(=O)c1c[c-]ccc1COC(=O)CN.CCCCC(C)CC.[CH3-].[K+]. The van der Waals surface area contributed by atoms with Crippen molar-refractivity contribution in [3.8, 4) is 0 Å². The summed E-state index contributed by atoms with van der Waals surface area (Å²) in [6, 6.07) is 7.74. The predicted octanol–water partition coefficient (Wildman–Crippen LogP) is 3.42. The Morgan fingerprint density at radius 3 is 2.14 bits per heavy atom. The number of nitrogens with two attached hydrogens (primary N) is 1. The first kappa shape index (κ1) is 39.4. The fourth-order valence-electron chi connectivity index (χ4n) is 1.89. The molecule has 0 aliphatic heterocycles. The van der Waals surface area contributed by atoms with Crippen LogP contribution in [-0.2, 0) is 16.1 Å². The Hall–Kier alpha value is -0.0436. The number of ketones is 1. The van der Waals surface area contributed by atoms with E-state index in [2.05, 4.69) is 26.8 Å². The molecule has 0 amide bonds. The van der Waals surface area contributed by atoms with Crippen LogP contribution in [0.15, 0.2) is 18.2 Å². The van der Waals surface area contributed by atoms with E-state index in [0.717, 1.165) is 5.92 Å². The number of Topliss-reactive ketones (excluding diaryl/α,β-unsaturated/α-hetero) is 1. The van der Waals surface area contributed by atoms with Crippen LogP contribution >= 0.6 is 0 Å². The summed E-state index contributed by atoms with van der Waals surface area (Å²) in [5.41, 5.74) is 6.27. The van der Waals surface area contributed by atoms with E-state index < -0.39 is 5.97 Å². The normalized spacial score (nSPS) is 9.28. The molecule has 1 aromatic carbocycles. The van der Waals surface area contributed by atoms with Gasteiger partial charge in [0, 0.05) is 0 Å². The van der Waals surface area contributed by atoms with Crippen LogP contribution in [0, 0.1) is 19.4 Å². The Morgan fingerprint density at radius 2 is 1.72 bits per heavy atom. The summed E-state index contributed by atoms with van der Waals surface area (Å²) >= 11 is 0. The van der Waals surface area contributed by atoms with Gasteiger partial charge >= 0.3 is 57.4 Å². The van der Waals surface area contributed by atoms with Gasteiger partial charge in [0.25, 0.3) is 0 Å². The molecule has 0 fully saturated rings. The van der Waals surface area contributed by atoms with Gasteiger partial charge in [-0.2, -0.15) is 24.3 Å². The number of hydrogen-bond acceptors (Lipinski definition) is 4. The van der Waals surface area contributed by atoms with E-state index in [1.807, 2.05) is 27.7 Å². The minimum atomic E-state index is -0.489. The Kier molecular flexibility index (Phi) is 41.0. The quantitative estimate of drug-likeness (QED) is 0.295. The van der Waals surface area contributed by atoms with E-state index in [1.165, 1.54) is 32.6 Å². The maximum Gasteiger partial charge on any atom is 1.00 e. The van der Waals surface area contributed by atoms with Gasteiger partial charge in [-0.05, 0) is 12.8 Å². The third-order valence-corrected chi connectivity index (χ3v) is 3.64. The number of carbonyl (C=O) groups is 2. The minimum Gasteiger partial charge on any atom is -0.462 e. The van der Waals surface area contributed by atoms with Crippen molar-refractivity contribution in [1.29, 1.82) is 0 Å². The molecular formula is C24H45KNO3-. The Morgan fingerprint density at radius 1 is 1.17 bits per heavy atom. The summed E-state index contributed by atoms with van der Waals surface area (Å²) in [6.07, 6.45) is 5.53. The first-order chi connectivity index (χ1) is 13.0. The molecule has 0 aliphatic rings. The standard InChI is InChI=1S/C11H12NO3.C8H18.2C2H6.CH3.K/c1-8(13)10-5-3-2-4-9(10)7-15-11(14)6-12;1-4-6-7-8(3)5-2;2*1-2;;/h2,4-5H,6-7,12H2,1H3;8H,4-7H2,1-3H3;2*1-2H3;1H3;/q-1;;;;-1;+1. The van der Waals surface area contributed by atoms with E-state index in [0.29, 0.717) is 11.1 Å². The maximum atomic E-state index is 11.2. The van der Waals surface area contributed by atoms with Crippen LogP contribution in [0.5, 0.6) is 0 Å². The second-order valence-electron chi connectivity index (χ2n) is 5.66. The molecule has 0 aliphatic carbocycles. The van der Waals surface area contributed by atoms with Crippen LogP contribution in [0.3, 0.4) is 0 Å². The molecule has 0 saturated heterocycles. The van der Waals surface area contributed by atoms with E-state index in [1.54, 1.807) is 18.2 Å².